The molecule has 1 fully saturated rings. The van der Waals surface area contributed by atoms with E-state index in [9.17, 15) is 18.0 Å². The van der Waals surface area contributed by atoms with Gasteiger partial charge >= 0.3 is 12.5 Å². The summed E-state index contributed by atoms with van der Waals surface area (Å²) in [5.41, 5.74) is 0.166. The van der Waals surface area contributed by atoms with Crippen molar-refractivity contribution in [3.63, 3.8) is 0 Å². The van der Waals surface area contributed by atoms with Gasteiger partial charge in [-0.15, -0.1) is 13.2 Å². The van der Waals surface area contributed by atoms with E-state index in [-0.39, 0.29) is 17.8 Å². The highest BCUT2D eigenvalue weighted by molar-refractivity contribution is 5.68. The Morgan fingerprint density at radius 1 is 1.14 bits per heavy atom. The molecule has 1 amide bonds. The zero-order valence-corrected chi connectivity index (χ0v) is 17.2. The third-order valence-corrected chi connectivity index (χ3v) is 3.88. The molecule has 8 heteroatoms. The number of ether oxygens (including phenoxy) is 2. The monoisotopic (exact) mass is 404 g/mol. The first-order valence-corrected chi connectivity index (χ1v) is 9.58. The summed E-state index contributed by atoms with van der Waals surface area (Å²) < 4.78 is 46.0. The largest absolute Gasteiger partial charge is 0.573 e. The third kappa shape index (κ3) is 9.82. The van der Waals surface area contributed by atoms with Gasteiger partial charge in [-0.25, -0.2) is 4.79 Å². The van der Waals surface area contributed by atoms with Crippen LogP contribution in [-0.4, -0.2) is 30.1 Å². The summed E-state index contributed by atoms with van der Waals surface area (Å²) in [7, 11) is 0. The number of hydrogen-bond donors (Lipinski definition) is 2. The van der Waals surface area contributed by atoms with Crippen molar-refractivity contribution in [2.75, 3.05) is 0 Å². The van der Waals surface area contributed by atoms with E-state index in [0.29, 0.717) is 12.1 Å². The van der Waals surface area contributed by atoms with Gasteiger partial charge in [0.25, 0.3) is 0 Å². The molecule has 0 bridgehead atoms. The molecule has 1 saturated carbocycles. The second-order valence-corrected chi connectivity index (χ2v) is 7.43. The molecule has 0 saturated heterocycles. The minimum Gasteiger partial charge on any atom is -0.444 e. The maximum atomic E-state index is 12.3. The SMILES string of the molecule is CC.CC(C)(C)OC(=O)NC1CCC(NCc2cccc(OC(F)(F)F)c2)C1. The van der Waals surface area contributed by atoms with Crippen LogP contribution in [0, 0.1) is 0 Å². The van der Waals surface area contributed by atoms with Gasteiger partial charge < -0.3 is 20.1 Å². The fourth-order valence-corrected chi connectivity index (χ4v) is 2.89. The van der Waals surface area contributed by atoms with Gasteiger partial charge in [0.1, 0.15) is 11.4 Å². The van der Waals surface area contributed by atoms with Gasteiger partial charge in [-0.05, 0) is 57.7 Å². The topological polar surface area (TPSA) is 59.6 Å². The fraction of sp³-hybridized carbons (Fsp3) is 0.650. The number of alkyl carbamates (subject to hydrolysis) is 1. The number of amides is 1. The number of carbonyl (C=O) groups is 1. The van der Waals surface area contributed by atoms with Crippen molar-refractivity contribution in [3.8, 4) is 5.75 Å². The molecule has 0 aromatic heterocycles. The summed E-state index contributed by atoms with van der Waals surface area (Å²) in [5, 5.41) is 6.16. The predicted molar refractivity (Wildman–Crippen MR) is 102 cm³/mol. The Morgan fingerprint density at radius 3 is 2.39 bits per heavy atom. The van der Waals surface area contributed by atoms with Crippen LogP contribution in [0.15, 0.2) is 24.3 Å². The number of halogens is 3. The molecule has 2 atom stereocenters. The van der Waals surface area contributed by atoms with Crippen molar-refractivity contribution >= 4 is 6.09 Å². The molecule has 160 valence electrons. The molecule has 2 N–H and O–H groups in total. The quantitative estimate of drug-likeness (QED) is 0.713. The molecule has 2 unspecified atom stereocenters. The zero-order valence-electron chi connectivity index (χ0n) is 17.2. The van der Waals surface area contributed by atoms with Gasteiger partial charge in [0.05, 0.1) is 0 Å². The van der Waals surface area contributed by atoms with Crippen LogP contribution in [0.4, 0.5) is 18.0 Å². The summed E-state index contributed by atoms with van der Waals surface area (Å²) in [6.07, 6.45) is -2.68. The Kier molecular flexibility index (Phi) is 9.07. The first kappa shape index (κ1) is 24.1. The normalized spacial score (nSPS) is 19.4. The highest BCUT2D eigenvalue weighted by Gasteiger charge is 2.31. The van der Waals surface area contributed by atoms with Crippen LogP contribution in [-0.2, 0) is 11.3 Å². The van der Waals surface area contributed by atoms with Gasteiger partial charge in [0.2, 0.25) is 0 Å². The van der Waals surface area contributed by atoms with Crippen molar-refractivity contribution in [2.45, 2.75) is 84.5 Å². The van der Waals surface area contributed by atoms with Crippen LogP contribution in [0.25, 0.3) is 0 Å². The summed E-state index contributed by atoms with van der Waals surface area (Å²) in [6.45, 7) is 9.85. The lowest BCUT2D eigenvalue weighted by atomic mass is 10.2. The fourth-order valence-electron chi connectivity index (χ4n) is 2.89. The Hall–Kier alpha value is -1.96. The van der Waals surface area contributed by atoms with Crippen molar-refractivity contribution in [1.82, 2.24) is 10.6 Å². The minimum absolute atomic E-state index is 0.0299. The number of nitrogens with one attached hydrogen (secondary N) is 2. The molecule has 5 nitrogen and oxygen atoms in total. The van der Waals surface area contributed by atoms with Crippen molar-refractivity contribution in [3.05, 3.63) is 29.8 Å². The molecular formula is C20H31F3N2O3. The van der Waals surface area contributed by atoms with Crippen LogP contribution in [0.5, 0.6) is 5.75 Å². The summed E-state index contributed by atoms with van der Waals surface area (Å²) in [6, 6.07) is 6.12. The summed E-state index contributed by atoms with van der Waals surface area (Å²) in [4.78, 5) is 11.8. The van der Waals surface area contributed by atoms with Crippen LogP contribution in [0.1, 0.15) is 59.4 Å². The van der Waals surface area contributed by atoms with Crippen molar-refractivity contribution < 1.29 is 27.4 Å². The lowest BCUT2D eigenvalue weighted by Gasteiger charge is -2.22. The molecular weight excluding hydrogens is 373 g/mol. The number of carbonyl (C=O) groups excluding carboxylic acids is 1. The Labute approximate surface area is 165 Å². The van der Waals surface area contributed by atoms with Gasteiger partial charge in [-0.2, -0.15) is 0 Å². The number of rotatable bonds is 5. The lowest BCUT2D eigenvalue weighted by Crippen LogP contribution is -2.38. The lowest BCUT2D eigenvalue weighted by molar-refractivity contribution is -0.274. The second kappa shape index (κ2) is 10.5. The summed E-state index contributed by atoms with van der Waals surface area (Å²) in [5.74, 6) is -0.229. The minimum atomic E-state index is -4.70. The van der Waals surface area contributed by atoms with E-state index >= 15 is 0 Å². The first-order chi connectivity index (χ1) is 13.0. The molecule has 0 heterocycles. The van der Waals surface area contributed by atoms with Crippen LogP contribution >= 0.6 is 0 Å². The molecule has 1 aromatic carbocycles. The molecule has 0 aliphatic heterocycles. The summed E-state index contributed by atoms with van der Waals surface area (Å²) >= 11 is 0. The molecule has 1 aliphatic carbocycles. The Balaban J connectivity index is 0.00000190. The molecule has 2 rings (SSSR count). The Bertz CT molecular complexity index is 615. The van der Waals surface area contributed by atoms with Crippen LogP contribution in [0.2, 0.25) is 0 Å². The standard InChI is InChI=1S/C18H25F3N2O3.C2H6/c1-17(2,3)26-16(24)23-14-8-7-13(10-14)22-11-12-5-4-6-15(9-12)25-18(19,20)21;1-2/h4-6,9,13-14,22H,7-8,10-11H2,1-3H3,(H,23,24);1-2H3. The van der Waals surface area contributed by atoms with Gasteiger partial charge in [0, 0.05) is 18.6 Å². The van der Waals surface area contributed by atoms with Gasteiger partial charge in [-0.1, -0.05) is 26.0 Å². The highest BCUT2D eigenvalue weighted by atomic mass is 19.4. The molecule has 1 aliphatic rings. The van der Waals surface area contributed by atoms with Gasteiger partial charge in [0.15, 0.2) is 0 Å². The van der Waals surface area contributed by atoms with Crippen molar-refractivity contribution in [1.29, 1.82) is 0 Å². The second-order valence-electron chi connectivity index (χ2n) is 7.43. The number of alkyl halides is 3. The third-order valence-electron chi connectivity index (χ3n) is 3.88. The molecule has 1 aromatic rings. The first-order valence-electron chi connectivity index (χ1n) is 9.58. The Morgan fingerprint density at radius 2 is 1.79 bits per heavy atom. The average molecular weight is 404 g/mol. The molecule has 28 heavy (non-hydrogen) atoms. The smallest absolute Gasteiger partial charge is 0.444 e. The molecule has 0 spiro atoms. The predicted octanol–water partition coefficient (Wildman–Crippen LogP) is 5.15. The van der Waals surface area contributed by atoms with E-state index in [1.165, 1.54) is 18.2 Å². The maximum absolute atomic E-state index is 12.3. The van der Waals surface area contributed by atoms with E-state index in [1.807, 2.05) is 34.6 Å². The molecule has 0 radical (unpaired) electrons. The van der Waals surface area contributed by atoms with E-state index in [4.69, 9.17) is 4.74 Å². The number of hydrogen-bond acceptors (Lipinski definition) is 4. The van der Waals surface area contributed by atoms with Crippen molar-refractivity contribution in [2.24, 2.45) is 0 Å². The average Bonchev–Trinajstić information content (AvgIpc) is 2.99. The van der Waals surface area contributed by atoms with Gasteiger partial charge in [-0.3, -0.25) is 0 Å². The zero-order chi connectivity index (χ0) is 21.4. The van der Waals surface area contributed by atoms with Crippen LogP contribution in [0.3, 0.4) is 0 Å². The van der Waals surface area contributed by atoms with Crippen LogP contribution < -0.4 is 15.4 Å². The van der Waals surface area contributed by atoms with E-state index in [1.54, 1.807) is 6.07 Å². The van der Waals surface area contributed by atoms with E-state index in [2.05, 4.69) is 15.4 Å². The maximum Gasteiger partial charge on any atom is 0.573 e. The van der Waals surface area contributed by atoms with E-state index < -0.39 is 18.1 Å². The number of benzene rings is 1. The highest BCUT2D eigenvalue weighted by Crippen LogP contribution is 2.24. The van der Waals surface area contributed by atoms with E-state index in [0.717, 1.165) is 19.3 Å².